The van der Waals surface area contributed by atoms with Gasteiger partial charge in [-0.05, 0) is 36.2 Å². The fraction of sp³-hybridized carbons (Fsp3) is 0.304. The highest BCUT2D eigenvalue weighted by Crippen LogP contribution is 2.30. The van der Waals surface area contributed by atoms with Gasteiger partial charge in [0.1, 0.15) is 5.75 Å². The Labute approximate surface area is 175 Å². The molecule has 0 aliphatic carbocycles. The number of rotatable bonds is 7. The van der Waals surface area contributed by atoms with Crippen LogP contribution >= 0.6 is 0 Å². The number of fused-ring (bicyclic) bond motifs is 1. The van der Waals surface area contributed by atoms with Crippen molar-refractivity contribution in [1.29, 1.82) is 0 Å². The first kappa shape index (κ1) is 20.0. The molecule has 0 bridgehead atoms. The molecule has 3 aromatic rings. The van der Waals surface area contributed by atoms with E-state index in [1.165, 1.54) is 15.8 Å². The number of hydrogen-bond donors (Lipinski definition) is 3. The van der Waals surface area contributed by atoms with E-state index >= 15 is 0 Å². The van der Waals surface area contributed by atoms with Crippen LogP contribution in [0.15, 0.2) is 54.7 Å². The van der Waals surface area contributed by atoms with Crippen LogP contribution in [0.3, 0.4) is 0 Å². The molecule has 4 N–H and O–H groups in total. The molecule has 1 aliphatic heterocycles. The maximum absolute atomic E-state index is 12.7. The van der Waals surface area contributed by atoms with Crippen molar-refractivity contribution >= 4 is 22.8 Å². The molecule has 3 amide bonds. The highest BCUT2D eigenvalue weighted by molar-refractivity contribution is 5.97. The number of hydrogen-bond acceptors (Lipinski definition) is 3. The minimum atomic E-state index is -0.347. The molecule has 2 aromatic carbocycles. The van der Waals surface area contributed by atoms with Crippen LogP contribution in [0.25, 0.3) is 10.9 Å². The zero-order valence-electron chi connectivity index (χ0n) is 17.2. The van der Waals surface area contributed by atoms with Gasteiger partial charge in [0.2, 0.25) is 0 Å². The standard InChI is InChI=1S/C23H26N4O3/c1-15(22(28)27-12-11-24-23(27)29)25-13-19(16-7-9-17(30-2)10-8-16)20-14-26-21-6-4-3-5-18(20)21/h3-10,14-15,19,25-26H,11-13H2,1-2H3,(H,24,29)/p+1/t15-,19+/m1/s1. The SMILES string of the molecule is COc1ccc([C@H](C[NH2+][C@H](C)C(=O)N2CCNC2=O)c2c[nH]c3ccccc23)cc1. The minimum Gasteiger partial charge on any atom is -0.497 e. The van der Waals surface area contributed by atoms with Crippen molar-refractivity contribution in [3.63, 3.8) is 0 Å². The van der Waals surface area contributed by atoms with Gasteiger partial charge < -0.3 is 20.4 Å². The van der Waals surface area contributed by atoms with E-state index in [0.29, 0.717) is 19.6 Å². The van der Waals surface area contributed by atoms with E-state index in [2.05, 4.69) is 34.6 Å². The van der Waals surface area contributed by atoms with Crippen LogP contribution in [-0.2, 0) is 4.79 Å². The third-order valence-electron chi connectivity index (χ3n) is 5.75. The van der Waals surface area contributed by atoms with Crippen LogP contribution in [0.1, 0.15) is 24.0 Å². The summed E-state index contributed by atoms with van der Waals surface area (Å²) in [5, 5.41) is 5.88. The molecule has 2 atom stereocenters. The third kappa shape index (κ3) is 3.89. The molecule has 1 aromatic heterocycles. The van der Waals surface area contributed by atoms with Gasteiger partial charge in [-0.15, -0.1) is 0 Å². The number of ether oxygens (including phenoxy) is 1. The van der Waals surface area contributed by atoms with Crippen LogP contribution < -0.4 is 15.4 Å². The lowest BCUT2D eigenvalue weighted by atomic mass is 9.90. The molecule has 4 rings (SSSR count). The average Bonchev–Trinajstić information content (AvgIpc) is 3.40. The molecule has 156 valence electrons. The van der Waals surface area contributed by atoms with Crippen LogP contribution in [-0.4, -0.2) is 54.6 Å². The Kier molecular flexibility index (Phi) is 5.72. The molecule has 0 saturated carbocycles. The number of imide groups is 1. The van der Waals surface area contributed by atoms with Gasteiger partial charge in [0.25, 0.3) is 5.91 Å². The number of aromatic amines is 1. The molecule has 1 saturated heterocycles. The van der Waals surface area contributed by atoms with E-state index in [-0.39, 0.29) is 23.9 Å². The first-order valence-corrected chi connectivity index (χ1v) is 10.2. The summed E-state index contributed by atoms with van der Waals surface area (Å²) in [5.74, 6) is 0.733. The summed E-state index contributed by atoms with van der Waals surface area (Å²) in [6.07, 6.45) is 2.05. The highest BCUT2D eigenvalue weighted by atomic mass is 16.5. The Morgan fingerprint density at radius 2 is 1.97 bits per heavy atom. The van der Waals surface area contributed by atoms with Crippen LogP contribution in [0.2, 0.25) is 0 Å². The number of H-pyrrole nitrogens is 1. The summed E-state index contributed by atoms with van der Waals surface area (Å²) in [6, 6.07) is 15.6. The molecule has 1 fully saturated rings. The van der Waals surface area contributed by atoms with Gasteiger partial charge in [-0.2, -0.15) is 0 Å². The van der Waals surface area contributed by atoms with Crippen LogP contribution in [0.4, 0.5) is 4.79 Å². The number of para-hydroxylation sites is 1. The third-order valence-corrected chi connectivity index (χ3v) is 5.75. The lowest BCUT2D eigenvalue weighted by Crippen LogP contribution is -2.92. The van der Waals surface area contributed by atoms with Crippen molar-refractivity contribution in [2.75, 3.05) is 26.7 Å². The Balaban J connectivity index is 1.58. The number of carbonyl (C=O) groups is 2. The molecule has 0 unspecified atom stereocenters. The van der Waals surface area contributed by atoms with E-state index in [0.717, 1.165) is 16.8 Å². The first-order valence-electron chi connectivity index (χ1n) is 10.2. The molecule has 30 heavy (non-hydrogen) atoms. The molecular weight excluding hydrogens is 380 g/mol. The number of methoxy groups -OCH3 is 1. The molecule has 1 aliphatic rings. The number of quaternary nitrogens is 1. The first-order chi connectivity index (χ1) is 14.6. The number of nitrogens with one attached hydrogen (secondary N) is 2. The summed E-state index contributed by atoms with van der Waals surface area (Å²) in [7, 11) is 1.65. The number of carbonyl (C=O) groups excluding carboxylic acids is 2. The molecule has 2 heterocycles. The van der Waals surface area contributed by atoms with Crippen molar-refractivity contribution in [3.8, 4) is 5.75 Å². The van der Waals surface area contributed by atoms with Crippen molar-refractivity contribution in [2.24, 2.45) is 0 Å². The number of amides is 3. The van der Waals surface area contributed by atoms with E-state index < -0.39 is 0 Å². The zero-order valence-corrected chi connectivity index (χ0v) is 17.2. The molecule has 0 spiro atoms. The van der Waals surface area contributed by atoms with E-state index in [1.807, 2.05) is 42.7 Å². The smallest absolute Gasteiger partial charge is 0.324 e. The number of nitrogens with two attached hydrogens (primary N) is 1. The van der Waals surface area contributed by atoms with E-state index in [4.69, 9.17) is 4.74 Å². The van der Waals surface area contributed by atoms with Gasteiger partial charge in [0, 0.05) is 30.2 Å². The largest absolute Gasteiger partial charge is 0.497 e. The van der Waals surface area contributed by atoms with E-state index in [1.54, 1.807) is 7.11 Å². The Bertz CT molecular complexity index is 1040. The van der Waals surface area contributed by atoms with Gasteiger partial charge in [0.15, 0.2) is 6.04 Å². The van der Waals surface area contributed by atoms with Crippen molar-refractivity contribution in [3.05, 3.63) is 65.9 Å². The fourth-order valence-corrected chi connectivity index (χ4v) is 4.03. The normalized spacial score (nSPS) is 15.8. The number of urea groups is 1. The van der Waals surface area contributed by atoms with Crippen molar-refractivity contribution in [1.82, 2.24) is 15.2 Å². The topological polar surface area (TPSA) is 91.0 Å². The van der Waals surface area contributed by atoms with Crippen LogP contribution in [0, 0.1) is 0 Å². The summed E-state index contributed by atoms with van der Waals surface area (Å²) in [6.45, 7) is 3.48. The Morgan fingerprint density at radius 3 is 2.67 bits per heavy atom. The average molecular weight is 407 g/mol. The fourth-order valence-electron chi connectivity index (χ4n) is 4.03. The second-order valence-corrected chi connectivity index (χ2v) is 7.60. The lowest BCUT2D eigenvalue weighted by molar-refractivity contribution is -0.675. The second-order valence-electron chi connectivity index (χ2n) is 7.60. The predicted molar refractivity (Wildman–Crippen MR) is 115 cm³/mol. The van der Waals surface area contributed by atoms with Gasteiger partial charge in [0.05, 0.1) is 19.6 Å². The van der Waals surface area contributed by atoms with Crippen LogP contribution in [0.5, 0.6) is 5.75 Å². The molecular formula is C23H27N4O3+. The highest BCUT2D eigenvalue weighted by Gasteiger charge is 2.32. The maximum atomic E-state index is 12.7. The van der Waals surface area contributed by atoms with Gasteiger partial charge in [-0.1, -0.05) is 30.3 Å². The summed E-state index contributed by atoms with van der Waals surface area (Å²) in [5.41, 5.74) is 3.42. The Morgan fingerprint density at radius 1 is 1.20 bits per heavy atom. The quantitative estimate of drug-likeness (QED) is 0.558. The number of benzene rings is 2. The monoisotopic (exact) mass is 407 g/mol. The van der Waals surface area contributed by atoms with Gasteiger partial charge in [-0.3, -0.25) is 9.69 Å². The predicted octanol–water partition coefficient (Wildman–Crippen LogP) is 1.81. The summed E-state index contributed by atoms with van der Waals surface area (Å²) in [4.78, 5) is 29.2. The molecule has 0 radical (unpaired) electrons. The van der Waals surface area contributed by atoms with Crippen molar-refractivity contribution < 1.29 is 19.6 Å². The van der Waals surface area contributed by atoms with Crippen molar-refractivity contribution in [2.45, 2.75) is 18.9 Å². The minimum absolute atomic E-state index is 0.0784. The summed E-state index contributed by atoms with van der Waals surface area (Å²) < 4.78 is 5.30. The second kappa shape index (κ2) is 8.59. The zero-order chi connectivity index (χ0) is 21.1. The van der Waals surface area contributed by atoms with Gasteiger partial charge >= 0.3 is 6.03 Å². The summed E-state index contributed by atoms with van der Waals surface area (Å²) >= 11 is 0. The molecule has 7 heteroatoms. The molecule has 7 nitrogen and oxygen atoms in total. The number of aromatic nitrogens is 1. The number of nitrogens with zero attached hydrogens (tertiary/aromatic N) is 1. The van der Waals surface area contributed by atoms with Gasteiger partial charge in [-0.25, -0.2) is 4.79 Å². The van der Waals surface area contributed by atoms with E-state index in [9.17, 15) is 9.59 Å². The Hall–Kier alpha value is -3.32. The lowest BCUT2D eigenvalue weighted by Gasteiger charge is -2.21. The maximum Gasteiger partial charge on any atom is 0.324 e.